The standard InChI is InChI=1S/C11H13F4NO/c1-6-3-10(17-2)7(4-9(6)12)8(5-16)11(13,14)15/h3-4,8H,5,16H2,1-2H3. The topological polar surface area (TPSA) is 35.2 Å². The van der Waals surface area contributed by atoms with E-state index in [1.54, 1.807) is 0 Å². The van der Waals surface area contributed by atoms with Crippen LogP contribution in [0.1, 0.15) is 17.0 Å². The number of ether oxygens (including phenoxy) is 1. The molecule has 0 saturated heterocycles. The van der Waals surface area contributed by atoms with Crippen molar-refractivity contribution in [2.45, 2.75) is 19.0 Å². The zero-order chi connectivity index (χ0) is 13.2. The predicted octanol–water partition coefficient (Wildman–Crippen LogP) is 2.75. The lowest BCUT2D eigenvalue weighted by Crippen LogP contribution is -2.28. The maximum atomic E-state index is 13.3. The van der Waals surface area contributed by atoms with E-state index in [1.165, 1.54) is 20.1 Å². The zero-order valence-corrected chi connectivity index (χ0v) is 9.44. The smallest absolute Gasteiger partial charge is 0.397 e. The van der Waals surface area contributed by atoms with Crippen LogP contribution in [0.25, 0.3) is 0 Å². The summed E-state index contributed by atoms with van der Waals surface area (Å²) in [7, 11) is 1.24. The molecular weight excluding hydrogens is 238 g/mol. The Kier molecular flexibility index (Phi) is 3.98. The van der Waals surface area contributed by atoms with Gasteiger partial charge >= 0.3 is 6.18 Å². The Morgan fingerprint density at radius 2 is 1.94 bits per heavy atom. The van der Waals surface area contributed by atoms with Crippen molar-refractivity contribution in [2.24, 2.45) is 5.73 Å². The number of rotatable bonds is 3. The molecule has 17 heavy (non-hydrogen) atoms. The third-order valence-corrected chi connectivity index (χ3v) is 2.52. The normalized spacial score (nSPS) is 13.6. The Labute approximate surface area is 96.4 Å². The average molecular weight is 251 g/mol. The Morgan fingerprint density at radius 1 is 1.35 bits per heavy atom. The number of alkyl halides is 3. The van der Waals surface area contributed by atoms with Gasteiger partial charge in [0.25, 0.3) is 0 Å². The molecule has 0 bridgehead atoms. The van der Waals surface area contributed by atoms with Crippen LogP contribution in [0.3, 0.4) is 0 Å². The summed E-state index contributed by atoms with van der Waals surface area (Å²) in [6, 6.07) is 2.07. The minimum atomic E-state index is -4.52. The first-order valence-corrected chi connectivity index (χ1v) is 4.92. The lowest BCUT2D eigenvalue weighted by atomic mass is 9.96. The average Bonchev–Trinajstić information content (AvgIpc) is 2.21. The number of methoxy groups -OCH3 is 1. The fourth-order valence-corrected chi connectivity index (χ4v) is 1.56. The molecule has 0 amide bonds. The molecule has 1 rings (SSSR count). The van der Waals surface area contributed by atoms with Gasteiger partial charge in [-0.05, 0) is 24.6 Å². The molecule has 0 aliphatic heterocycles. The second-order valence-electron chi connectivity index (χ2n) is 3.67. The quantitative estimate of drug-likeness (QED) is 0.838. The van der Waals surface area contributed by atoms with Crippen molar-refractivity contribution in [3.8, 4) is 5.75 Å². The molecule has 96 valence electrons. The van der Waals surface area contributed by atoms with E-state index >= 15 is 0 Å². The van der Waals surface area contributed by atoms with Crippen LogP contribution in [0.4, 0.5) is 17.6 Å². The number of benzene rings is 1. The van der Waals surface area contributed by atoms with Gasteiger partial charge in [-0.3, -0.25) is 0 Å². The van der Waals surface area contributed by atoms with Crippen molar-refractivity contribution in [2.75, 3.05) is 13.7 Å². The lowest BCUT2D eigenvalue weighted by molar-refractivity contribution is -0.148. The molecule has 0 spiro atoms. The van der Waals surface area contributed by atoms with Gasteiger partial charge in [0.15, 0.2) is 0 Å². The number of aryl methyl sites for hydroxylation is 1. The van der Waals surface area contributed by atoms with E-state index in [4.69, 9.17) is 10.5 Å². The Morgan fingerprint density at radius 3 is 2.35 bits per heavy atom. The third kappa shape index (κ3) is 2.88. The molecule has 0 aliphatic rings. The number of hydrogen-bond acceptors (Lipinski definition) is 2. The minimum absolute atomic E-state index is 0.00308. The van der Waals surface area contributed by atoms with Crippen molar-refractivity contribution < 1.29 is 22.3 Å². The SMILES string of the molecule is COc1cc(C)c(F)cc1C(CN)C(F)(F)F. The van der Waals surface area contributed by atoms with Crippen LogP contribution in [-0.2, 0) is 0 Å². The molecule has 6 heteroatoms. The molecule has 0 radical (unpaired) electrons. The summed E-state index contributed by atoms with van der Waals surface area (Å²) in [5.74, 6) is -2.63. The van der Waals surface area contributed by atoms with Gasteiger partial charge in [-0.1, -0.05) is 0 Å². The highest BCUT2D eigenvalue weighted by molar-refractivity contribution is 5.41. The van der Waals surface area contributed by atoms with E-state index < -0.39 is 24.5 Å². The van der Waals surface area contributed by atoms with Crippen LogP contribution in [-0.4, -0.2) is 19.8 Å². The Bertz CT molecular complexity index is 403. The first-order valence-electron chi connectivity index (χ1n) is 4.92. The van der Waals surface area contributed by atoms with Gasteiger partial charge in [-0.25, -0.2) is 4.39 Å². The molecule has 2 N–H and O–H groups in total. The highest BCUT2D eigenvalue weighted by Gasteiger charge is 2.41. The molecule has 1 unspecified atom stereocenters. The maximum Gasteiger partial charge on any atom is 0.397 e. The maximum absolute atomic E-state index is 13.3. The van der Waals surface area contributed by atoms with Crippen LogP contribution in [0.5, 0.6) is 5.75 Å². The van der Waals surface area contributed by atoms with Crippen LogP contribution in [0.15, 0.2) is 12.1 Å². The van der Waals surface area contributed by atoms with E-state index in [9.17, 15) is 17.6 Å². The number of nitrogens with two attached hydrogens (primary N) is 1. The van der Waals surface area contributed by atoms with Gasteiger partial charge in [0, 0.05) is 12.1 Å². The molecule has 1 aromatic rings. The van der Waals surface area contributed by atoms with Gasteiger partial charge in [-0.2, -0.15) is 13.2 Å². The van der Waals surface area contributed by atoms with Crippen LogP contribution in [0.2, 0.25) is 0 Å². The van der Waals surface area contributed by atoms with Crippen molar-refractivity contribution in [3.05, 3.63) is 29.1 Å². The molecule has 0 fully saturated rings. The van der Waals surface area contributed by atoms with E-state index in [1.807, 2.05) is 0 Å². The molecule has 0 aliphatic carbocycles. The molecule has 0 aromatic heterocycles. The van der Waals surface area contributed by atoms with Crippen LogP contribution >= 0.6 is 0 Å². The number of halogens is 4. The monoisotopic (exact) mass is 251 g/mol. The van der Waals surface area contributed by atoms with E-state index in [-0.39, 0.29) is 16.9 Å². The van der Waals surface area contributed by atoms with Gasteiger partial charge in [0.05, 0.1) is 13.0 Å². The molecular formula is C11H13F4NO. The van der Waals surface area contributed by atoms with Gasteiger partial charge in [0.2, 0.25) is 0 Å². The summed E-state index contributed by atoms with van der Waals surface area (Å²) >= 11 is 0. The first-order chi connectivity index (χ1) is 7.81. The minimum Gasteiger partial charge on any atom is -0.496 e. The fourth-order valence-electron chi connectivity index (χ4n) is 1.56. The van der Waals surface area contributed by atoms with Gasteiger partial charge in [-0.15, -0.1) is 0 Å². The van der Waals surface area contributed by atoms with Crippen molar-refractivity contribution >= 4 is 0 Å². The van der Waals surface area contributed by atoms with Crippen molar-refractivity contribution in [1.29, 1.82) is 0 Å². The van der Waals surface area contributed by atoms with Gasteiger partial charge < -0.3 is 10.5 Å². The summed E-state index contributed by atoms with van der Waals surface area (Å²) in [6.45, 7) is 0.801. The lowest BCUT2D eigenvalue weighted by Gasteiger charge is -2.21. The largest absolute Gasteiger partial charge is 0.496 e. The molecule has 0 saturated carbocycles. The zero-order valence-electron chi connectivity index (χ0n) is 9.44. The second-order valence-corrected chi connectivity index (χ2v) is 3.67. The molecule has 0 heterocycles. The summed E-state index contributed by atoms with van der Waals surface area (Å²) in [5.41, 5.74) is 5.06. The van der Waals surface area contributed by atoms with Crippen LogP contribution < -0.4 is 10.5 Å². The van der Waals surface area contributed by atoms with Crippen molar-refractivity contribution in [3.63, 3.8) is 0 Å². The summed E-state index contributed by atoms with van der Waals surface area (Å²) in [6.07, 6.45) is -4.52. The highest BCUT2D eigenvalue weighted by atomic mass is 19.4. The highest BCUT2D eigenvalue weighted by Crippen LogP contribution is 2.39. The molecule has 1 aromatic carbocycles. The molecule has 1 atom stereocenters. The summed E-state index contributed by atoms with van der Waals surface area (Å²) in [4.78, 5) is 0. The third-order valence-electron chi connectivity index (χ3n) is 2.52. The van der Waals surface area contributed by atoms with E-state index in [0.29, 0.717) is 0 Å². The van der Waals surface area contributed by atoms with Gasteiger partial charge in [0.1, 0.15) is 11.6 Å². The van der Waals surface area contributed by atoms with Crippen molar-refractivity contribution in [1.82, 2.24) is 0 Å². The van der Waals surface area contributed by atoms with E-state index in [2.05, 4.69) is 0 Å². The Balaban J connectivity index is 3.32. The van der Waals surface area contributed by atoms with E-state index in [0.717, 1.165) is 6.07 Å². The first kappa shape index (κ1) is 13.8. The Hall–Kier alpha value is -1.30. The van der Waals surface area contributed by atoms with Crippen LogP contribution in [0, 0.1) is 12.7 Å². The number of hydrogen-bond donors (Lipinski definition) is 1. The summed E-state index contributed by atoms with van der Waals surface area (Å²) in [5, 5.41) is 0. The molecule has 2 nitrogen and oxygen atoms in total. The summed E-state index contributed by atoms with van der Waals surface area (Å²) < 4.78 is 56.2. The fraction of sp³-hybridized carbons (Fsp3) is 0.455. The second kappa shape index (κ2) is 4.91. The predicted molar refractivity (Wildman–Crippen MR) is 55.5 cm³/mol.